The maximum Gasteiger partial charge on any atom is 0.410 e. The number of aromatic nitrogens is 3. The van der Waals surface area contributed by atoms with Crippen LogP contribution >= 0.6 is 0 Å². The van der Waals surface area contributed by atoms with Crippen molar-refractivity contribution < 1.29 is 9.53 Å². The van der Waals surface area contributed by atoms with E-state index in [-0.39, 0.29) is 29.2 Å². The van der Waals surface area contributed by atoms with E-state index in [0.717, 1.165) is 24.1 Å². The van der Waals surface area contributed by atoms with E-state index in [1.54, 1.807) is 11.6 Å². The Labute approximate surface area is 183 Å². The number of aryl methyl sites for hydroxylation is 1. The van der Waals surface area contributed by atoms with Crippen LogP contribution in [0.4, 0.5) is 4.79 Å². The molecule has 5 rings (SSSR count). The number of hydrogen-bond donors (Lipinski definition) is 0. The predicted octanol–water partition coefficient (Wildman–Crippen LogP) is 4.19. The molecule has 2 aliphatic heterocycles. The molecule has 2 atom stereocenters. The number of ether oxygens (including phenoxy) is 1. The molecule has 168 valence electrons. The van der Waals surface area contributed by atoms with Gasteiger partial charge in [-0.3, -0.25) is 9.13 Å². The van der Waals surface area contributed by atoms with E-state index in [4.69, 9.17) is 9.72 Å². The first kappa shape index (κ1) is 21.7. The van der Waals surface area contributed by atoms with Crippen LogP contribution in [0, 0.1) is 11.3 Å². The summed E-state index contributed by atoms with van der Waals surface area (Å²) in [7, 11) is 1.78. The summed E-state index contributed by atoms with van der Waals surface area (Å²) in [5.74, 6) is 0.233. The Hall–Kier alpha value is -2.57. The second-order valence-electron chi connectivity index (χ2n) is 11.1. The minimum atomic E-state index is -0.502. The van der Waals surface area contributed by atoms with Crippen molar-refractivity contribution in [2.24, 2.45) is 18.4 Å². The maximum atomic E-state index is 12.8. The largest absolute Gasteiger partial charge is 0.444 e. The van der Waals surface area contributed by atoms with Gasteiger partial charge < -0.3 is 9.64 Å². The lowest BCUT2D eigenvalue weighted by atomic mass is 9.78. The fourth-order valence-electron chi connectivity index (χ4n) is 4.65. The highest BCUT2D eigenvalue weighted by Gasteiger charge is 2.39. The van der Waals surface area contributed by atoms with E-state index in [0.29, 0.717) is 18.7 Å². The van der Waals surface area contributed by atoms with E-state index >= 15 is 0 Å². The highest BCUT2D eigenvalue weighted by atomic mass is 16.6. The molecule has 1 amide bonds. The molecule has 0 saturated carbocycles. The van der Waals surface area contributed by atoms with Crippen molar-refractivity contribution in [2.45, 2.75) is 72.6 Å². The summed E-state index contributed by atoms with van der Waals surface area (Å²) in [4.78, 5) is 32.2. The average molecular weight is 427 g/mol. The fourth-order valence-corrected chi connectivity index (χ4v) is 4.65. The molecule has 4 heterocycles. The summed E-state index contributed by atoms with van der Waals surface area (Å²) in [5, 5.41) is 0. The Bertz CT molecular complexity index is 1110. The lowest BCUT2D eigenvalue weighted by molar-refractivity contribution is 0.00979. The topological polar surface area (TPSA) is 69.4 Å². The van der Waals surface area contributed by atoms with Crippen molar-refractivity contribution >= 4 is 22.8 Å². The van der Waals surface area contributed by atoms with Crippen molar-refractivity contribution in [2.75, 3.05) is 6.54 Å². The van der Waals surface area contributed by atoms with Gasteiger partial charge >= 0.3 is 11.8 Å². The average Bonchev–Trinajstić information content (AvgIpc) is 2.90. The van der Waals surface area contributed by atoms with Crippen molar-refractivity contribution in [3.05, 3.63) is 34.4 Å². The predicted molar refractivity (Wildman–Crippen MR) is 122 cm³/mol. The quantitative estimate of drug-likeness (QED) is 0.722. The van der Waals surface area contributed by atoms with E-state index in [9.17, 15) is 9.59 Å². The maximum absolute atomic E-state index is 12.8. The van der Waals surface area contributed by atoms with Crippen LogP contribution < -0.4 is 5.69 Å². The van der Waals surface area contributed by atoms with Gasteiger partial charge in [-0.1, -0.05) is 26.8 Å². The lowest BCUT2D eigenvalue weighted by Gasteiger charge is -2.44. The number of amides is 1. The van der Waals surface area contributed by atoms with Gasteiger partial charge in [0.25, 0.3) is 0 Å². The van der Waals surface area contributed by atoms with Crippen LogP contribution in [0.3, 0.4) is 0 Å². The Morgan fingerprint density at radius 2 is 1.87 bits per heavy atom. The molecule has 0 aromatic carbocycles. The SMILES string of the molecule is Cn1c(=O)n(CC(C)(C)C)c2ccc(C3=CC4CCC3CN4C(=O)OC(C)(C)C)nc21. The van der Waals surface area contributed by atoms with Crippen LogP contribution in [0.5, 0.6) is 0 Å². The molecule has 0 N–H and O–H groups in total. The Kier molecular flexibility index (Phi) is 5.06. The van der Waals surface area contributed by atoms with Gasteiger partial charge in [-0.05, 0) is 56.7 Å². The van der Waals surface area contributed by atoms with Crippen LogP contribution in [-0.2, 0) is 18.3 Å². The number of imidazole rings is 1. The Morgan fingerprint density at radius 3 is 2.45 bits per heavy atom. The number of pyridine rings is 1. The third-order valence-electron chi connectivity index (χ3n) is 5.98. The molecule has 3 aliphatic rings. The Balaban J connectivity index is 1.67. The molecule has 2 aromatic rings. The number of piperidine rings is 1. The Morgan fingerprint density at radius 1 is 1.16 bits per heavy atom. The standard InChI is InChI=1S/C24H34N4O3/c1-23(2,3)14-28-19-11-10-18(25-20(19)26(7)21(28)29)17-12-16-9-8-15(17)13-27(16)22(30)31-24(4,5)6/h10-12,15-16H,8-9,13-14H2,1-7H3. The van der Waals surface area contributed by atoms with E-state index < -0.39 is 5.60 Å². The zero-order valence-corrected chi connectivity index (χ0v) is 19.7. The summed E-state index contributed by atoms with van der Waals surface area (Å²) < 4.78 is 9.06. The smallest absolute Gasteiger partial charge is 0.410 e. The summed E-state index contributed by atoms with van der Waals surface area (Å²) in [5.41, 5.74) is 3.10. The molecule has 7 nitrogen and oxygen atoms in total. The first-order chi connectivity index (χ1) is 14.3. The minimum Gasteiger partial charge on any atom is -0.444 e. The monoisotopic (exact) mass is 426 g/mol. The number of nitrogens with zero attached hydrogens (tertiary/aromatic N) is 4. The van der Waals surface area contributed by atoms with Gasteiger partial charge in [-0.15, -0.1) is 0 Å². The van der Waals surface area contributed by atoms with Gasteiger partial charge in [-0.25, -0.2) is 14.6 Å². The third kappa shape index (κ3) is 4.14. The summed E-state index contributed by atoms with van der Waals surface area (Å²) >= 11 is 0. The molecule has 1 fully saturated rings. The number of carbonyl (C=O) groups is 1. The number of hydrogen-bond acceptors (Lipinski definition) is 4. The van der Waals surface area contributed by atoms with Crippen LogP contribution in [-0.4, -0.2) is 43.3 Å². The van der Waals surface area contributed by atoms with Gasteiger partial charge in [0.15, 0.2) is 5.65 Å². The van der Waals surface area contributed by atoms with E-state index in [2.05, 4.69) is 26.8 Å². The summed E-state index contributed by atoms with van der Waals surface area (Å²) in [6.45, 7) is 13.3. The van der Waals surface area contributed by atoms with E-state index in [1.165, 1.54) is 5.57 Å². The lowest BCUT2D eigenvalue weighted by Crippen LogP contribution is -2.51. The minimum absolute atomic E-state index is 0.00699. The highest BCUT2D eigenvalue weighted by molar-refractivity contribution is 5.79. The van der Waals surface area contributed by atoms with Gasteiger partial charge in [0.1, 0.15) is 5.60 Å². The number of rotatable bonds is 2. The van der Waals surface area contributed by atoms with Gasteiger partial charge in [0, 0.05) is 26.1 Å². The van der Waals surface area contributed by atoms with Gasteiger partial charge in [-0.2, -0.15) is 0 Å². The number of fused-ring (bicyclic) bond motifs is 3. The normalized spacial score (nSPS) is 21.5. The fraction of sp³-hybridized carbons (Fsp3) is 0.625. The highest BCUT2D eigenvalue weighted by Crippen LogP contribution is 2.40. The number of carbonyl (C=O) groups excluding carboxylic acids is 1. The first-order valence-electron chi connectivity index (χ1n) is 11.1. The van der Waals surface area contributed by atoms with Crippen molar-refractivity contribution in [1.82, 2.24) is 19.0 Å². The van der Waals surface area contributed by atoms with Crippen LogP contribution in [0.25, 0.3) is 16.7 Å². The molecule has 2 unspecified atom stereocenters. The van der Waals surface area contributed by atoms with E-state index in [1.807, 2.05) is 42.4 Å². The molecular weight excluding hydrogens is 392 g/mol. The third-order valence-corrected chi connectivity index (χ3v) is 5.98. The molecule has 7 heteroatoms. The van der Waals surface area contributed by atoms with Gasteiger partial charge in [0.05, 0.1) is 17.3 Å². The summed E-state index contributed by atoms with van der Waals surface area (Å²) in [6, 6.07) is 4.06. The zero-order chi connectivity index (χ0) is 22.7. The molecule has 0 radical (unpaired) electrons. The molecule has 31 heavy (non-hydrogen) atoms. The molecule has 2 aromatic heterocycles. The van der Waals surface area contributed by atoms with Crippen LogP contribution in [0.1, 0.15) is 60.1 Å². The van der Waals surface area contributed by atoms with Crippen molar-refractivity contribution in [3.63, 3.8) is 0 Å². The molecule has 0 spiro atoms. The summed E-state index contributed by atoms with van der Waals surface area (Å²) in [6.07, 6.45) is 3.89. The molecule has 2 bridgehead atoms. The van der Waals surface area contributed by atoms with Crippen LogP contribution in [0.2, 0.25) is 0 Å². The molecule has 1 saturated heterocycles. The molecule has 1 aliphatic carbocycles. The van der Waals surface area contributed by atoms with Crippen molar-refractivity contribution in [3.8, 4) is 0 Å². The zero-order valence-electron chi connectivity index (χ0n) is 19.7. The molecular formula is C24H34N4O3. The second kappa shape index (κ2) is 7.24. The van der Waals surface area contributed by atoms with Gasteiger partial charge in [0.2, 0.25) is 0 Å². The first-order valence-corrected chi connectivity index (χ1v) is 11.1. The van der Waals surface area contributed by atoms with Crippen LogP contribution in [0.15, 0.2) is 23.0 Å². The van der Waals surface area contributed by atoms with Crippen molar-refractivity contribution in [1.29, 1.82) is 0 Å². The second-order valence-corrected chi connectivity index (χ2v) is 11.1.